The van der Waals surface area contributed by atoms with E-state index in [0.717, 1.165) is 5.39 Å². The highest BCUT2D eigenvalue weighted by Gasteiger charge is 2.33. The van der Waals surface area contributed by atoms with Crippen LogP contribution in [-0.2, 0) is 4.79 Å². The number of hydrogen-bond acceptors (Lipinski definition) is 4. The lowest BCUT2D eigenvalue weighted by Gasteiger charge is -2.31. The van der Waals surface area contributed by atoms with E-state index in [9.17, 15) is 14.4 Å². The molecule has 4 rings (SSSR count). The van der Waals surface area contributed by atoms with Crippen molar-refractivity contribution in [3.05, 3.63) is 71.8 Å². The van der Waals surface area contributed by atoms with E-state index < -0.39 is 0 Å². The van der Waals surface area contributed by atoms with Crippen molar-refractivity contribution in [2.45, 2.75) is 20.8 Å². The van der Waals surface area contributed by atoms with Gasteiger partial charge in [-0.05, 0) is 36.6 Å². The van der Waals surface area contributed by atoms with Gasteiger partial charge in [0.15, 0.2) is 0 Å². The molecule has 32 heavy (non-hydrogen) atoms. The molecule has 0 aromatic heterocycles. The Labute approximate surface area is 187 Å². The van der Waals surface area contributed by atoms with Crippen LogP contribution in [0.1, 0.15) is 41.5 Å². The van der Waals surface area contributed by atoms with Crippen molar-refractivity contribution in [2.24, 2.45) is 5.92 Å². The predicted octanol–water partition coefficient (Wildman–Crippen LogP) is 4.52. The highest BCUT2D eigenvalue weighted by molar-refractivity contribution is 6.25. The van der Waals surface area contributed by atoms with Crippen LogP contribution >= 0.6 is 0 Å². The van der Waals surface area contributed by atoms with E-state index in [4.69, 9.17) is 4.74 Å². The Kier molecular flexibility index (Phi) is 5.95. The van der Waals surface area contributed by atoms with Crippen molar-refractivity contribution in [1.29, 1.82) is 0 Å². The van der Waals surface area contributed by atoms with Crippen LogP contribution in [0.3, 0.4) is 0 Å². The van der Waals surface area contributed by atoms with Gasteiger partial charge in [-0.15, -0.1) is 0 Å². The molecule has 0 atom stereocenters. The molecule has 0 unspecified atom stereocenters. The zero-order valence-corrected chi connectivity index (χ0v) is 18.5. The van der Waals surface area contributed by atoms with Gasteiger partial charge in [0.2, 0.25) is 5.91 Å². The molecule has 0 fully saturated rings. The number of imide groups is 1. The minimum absolute atomic E-state index is 0.0851. The summed E-state index contributed by atoms with van der Waals surface area (Å²) in [7, 11) is 0. The van der Waals surface area contributed by atoms with Gasteiger partial charge in [0, 0.05) is 47.3 Å². The second-order valence-corrected chi connectivity index (χ2v) is 8.05. The molecule has 0 aliphatic carbocycles. The topological polar surface area (TPSA) is 66.9 Å². The fourth-order valence-electron chi connectivity index (χ4n) is 4.07. The largest absolute Gasteiger partial charge is 0.494 e. The van der Waals surface area contributed by atoms with Crippen LogP contribution in [0.15, 0.2) is 60.7 Å². The number of anilines is 1. The zero-order chi connectivity index (χ0) is 22.8. The van der Waals surface area contributed by atoms with Gasteiger partial charge in [0.05, 0.1) is 6.61 Å². The third-order valence-electron chi connectivity index (χ3n) is 5.60. The molecule has 1 aliphatic rings. The zero-order valence-electron chi connectivity index (χ0n) is 18.5. The van der Waals surface area contributed by atoms with E-state index in [2.05, 4.69) is 0 Å². The monoisotopic (exact) mass is 430 g/mol. The highest BCUT2D eigenvalue weighted by Crippen LogP contribution is 2.30. The molecule has 3 aromatic rings. The Morgan fingerprint density at radius 2 is 1.59 bits per heavy atom. The predicted molar refractivity (Wildman–Crippen MR) is 124 cm³/mol. The lowest BCUT2D eigenvalue weighted by molar-refractivity contribution is -0.121. The van der Waals surface area contributed by atoms with Crippen molar-refractivity contribution in [1.82, 2.24) is 4.90 Å². The van der Waals surface area contributed by atoms with Crippen LogP contribution in [0, 0.1) is 5.92 Å². The first-order valence-electron chi connectivity index (χ1n) is 10.8. The number of hydrogen-bond donors (Lipinski definition) is 0. The van der Waals surface area contributed by atoms with Crippen LogP contribution in [0.5, 0.6) is 5.75 Å². The second-order valence-electron chi connectivity index (χ2n) is 8.05. The van der Waals surface area contributed by atoms with E-state index in [1.54, 1.807) is 23.1 Å². The third-order valence-corrected chi connectivity index (χ3v) is 5.60. The van der Waals surface area contributed by atoms with E-state index >= 15 is 0 Å². The summed E-state index contributed by atoms with van der Waals surface area (Å²) in [4.78, 5) is 42.2. The van der Waals surface area contributed by atoms with E-state index in [-0.39, 0.29) is 36.7 Å². The SMILES string of the molecule is CCOc1cccc(N(CCN2C(=O)c3cccc4cccc(c34)C2=O)C(=O)C(C)C)c1. The first-order valence-corrected chi connectivity index (χ1v) is 10.8. The van der Waals surface area contributed by atoms with Gasteiger partial charge < -0.3 is 9.64 Å². The summed E-state index contributed by atoms with van der Waals surface area (Å²) in [6.45, 7) is 6.37. The smallest absolute Gasteiger partial charge is 0.261 e. The molecular formula is C26H26N2O4. The lowest BCUT2D eigenvalue weighted by atomic mass is 9.94. The van der Waals surface area contributed by atoms with E-state index in [0.29, 0.717) is 34.6 Å². The average molecular weight is 431 g/mol. The molecule has 0 radical (unpaired) electrons. The van der Waals surface area contributed by atoms with Gasteiger partial charge in [-0.2, -0.15) is 0 Å². The minimum Gasteiger partial charge on any atom is -0.494 e. The molecule has 3 amide bonds. The maximum Gasteiger partial charge on any atom is 0.261 e. The van der Waals surface area contributed by atoms with Gasteiger partial charge in [-0.3, -0.25) is 19.3 Å². The second kappa shape index (κ2) is 8.83. The summed E-state index contributed by atoms with van der Waals surface area (Å²) in [5.41, 5.74) is 1.70. The molecule has 0 spiro atoms. The Bertz CT molecular complexity index is 1150. The summed E-state index contributed by atoms with van der Waals surface area (Å²) in [5.74, 6) is -0.332. The van der Waals surface area contributed by atoms with Crippen molar-refractivity contribution in [3.8, 4) is 5.75 Å². The van der Waals surface area contributed by atoms with Gasteiger partial charge >= 0.3 is 0 Å². The standard InChI is InChI=1S/C26H26N2O4/c1-4-32-20-11-7-10-19(16-20)27(24(29)17(2)3)14-15-28-25(30)21-12-5-8-18-9-6-13-22(23(18)21)26(28)31/h5-13,16-17H,4,14-15H2,1-3H3. The summed E-state index contributed by atoms with van der Waals surface area (Å²) in [5, 5.41) is 1.56. The number of amides is 3. The third kappa shape index (κ3) is 3.84. The molecular weight excluding hydrogens is 404 g/mol. The van der Waals surface area contributed by atoms with Crippen molar-refractivity contribution in [3.63, 3.8) is 0 Å². The number of ether oxygens (including phenoxy) is 1. The molecule has 0 saturated heterocycles. The van der Waals surface area contributed by atoms with Gasteiger partial charge in [0.25, 0.3) is 11.8 Å². The Hall–Kier alpha value is -3.67. The molecule has 0 bridgehead atoms. The molecule has 3 aromatic carbocycles. The van der Waals surface area contributed by atoms with Gasteiger partial charge in [-0.25, -0.2) is 0 Å². The van der Waals surface area contributed by atoms with Crippen molar-refractivity contribution < 1.29 is 19.1 Å². The summed E-state index contributed by atoms with van der Waals surface area (Å²) < 4.78 is 5.58. The van der Waals surface area contributed by atoms with Crippen LogP contribution < -0.4 is 9.64 Å². The number of carbonyl (C=O) groups excluding carboxylic acids is 3. The van der Waals surface area contributed by atoms with Crippen molar-refractivity contribution >= 4 is 34.2 Å². The first kappa shape index (κ1) is 21.6. The normalized spacial score (nSPS) is 13.1. The molecule has 6 heteroatoms. The summed E-state index contributed by atoms with van der Waals surface area (Å²) >= 11 is 0. The molecule has 1 heterocycles. The average Bonchev–Trinajstić information content (AvgIpc) is 2.79. The van der Waals surface area contributed by atoms with Crippen LogP contribution in [-0.4, -0.2) is 42.3 Å². The Morgan fingerprint density at radius 3 is 2.19 bits per heavy atom. The van der Waals surface area contributed by atoms with Gasteiger partial charge in [0.1, 0.15) is 5.75 Å². The van der Waals surface area contributed by atoms with E-state index in [1.807, 2.05) is 63.2 Å². The van der Waals surface area contributed by atoms with E-state index in [1.165, 1.54) is 4.90 Å². The molecule has 164 valence electrons. The maximum atomic E-state index is 13.2. The van der Waals surface area contributed by atoms with Crippen LogP contribution in [0.4, 0.5) is 5.69 Å². The quantitative estimate of drug-likeness (QED) is 0.517. The highest BCUT2D eigenvalue weighted by atomic mass is 16.5. The summed E-state index contributed by atoms with van der Waals surface area (Å²) in [6, 6.07) is 18.2. The number of nitrogens with zero attached hydrogens (tertiary/aromatic N) is 2. The molecule has 1 aliphatic heterocycles. The lowest BCUT2D eigenvalue weighted by Crippen LogP contribution is -2.46. The number of rotatable bonds is 7. The first-order chi connectivity index (χ1) is 15.4. The molecule has 0 N–H and O–H groups in total. The number of benzene rings is 3. The fraction of sp³-hybridized carbons (Fsp3) is 0.269. The van der Waals surface area contributed by atoms with Crippen molar-refractivity contribution in [2.75, 3.05) is 24.6 Å². The summed E-state index contributed by atoms with van der Waals surface area (Å²) in [6.07, 6.45) is 0. The van der Waals surface area contributed by atoms with Crippen LogP contribution in [0.25, 0.3) is 10.8 Å². The minimum atomic E-state index is -0.334. The maximum absolute atomic E-state index is 13.2. The Morgan fingerprint density at radius 1 is 0.969 bits per heavy atom. The van der Waals surface area contributed by atoms with Gasteiger partial charge in [-0.1, -0.05) is 44.2 Å². The Balaban J connectivity index is 1.64. The molecule has 0 saturated carbocycles. The molecule has 6 nitrogen and oxygen atoms in total. The number of carbonyl (C=O) groups is 3. The van der Waals surface area contributed by atoms with Crippen LogP contribution in [0.2, 0.25) is 0 Å². The fourth-order valence-corrected chi connectivity index (χ4v) is 4.07.